The molecule has 10 unspecified atom stereocenters. The normalized spacial score (nSPS) is 38.9. The van der Waals surface area contributed by atoms with Crippen LogP contribution in [0.1, 0.15) is 92.9 Å². The zero-order valence-electron chi connectivity index (χ0n) is 48.4. The standard InChI is InChI=1S/C32H47FN2O11.C27H38FNO8/c1-20-16-24-23-5-4-21-17-22(37)6-7-29(21,2)31(23,33)25(38)18-30(24,3)32(20,42)26(39)19-46-28(41)35-9-12-44-14-15-45-27(40)34-8-11-43-13-10-36;1-16-12-20-19-5-4-17-13-18(31)6-7-24(17,2)26(19,28)21(32)14-25(20,3)27(16,35)22(33)15-37-23(34)29-8-10-36-11-9-30/h6-7,17,20,23-25,36,38,42H,4-5,8-16,18-19H2,1-3H3,(H,34,40)(H,35,41);6-7,13,16,19-21,30,32,35H,4-5,8-12,14-15H2,1-3H3,(H,29,34)/t20-,23?,24?,25?,29?,30?,31+,32+;16-,19?,20?,21?,24?,25?,26+,27+/m11/s1. The lowest BCUT2D eigenvalue weighted by molar-refractivity contribution is -0.219. The van der Waals surface area contributed by atoms with E-state index in [-0.39, 0.29) is 104 Å². The number of nitrogens with one attached hydrogen (secondary N) is 3. The van der Waals surface area contributed by atoms with Gasteiger partial charge in [-0.25, -0.2) is 23.2 Å². The molecular weight excluding hydrogens is 1090 g/mol. The zero-order chi connectivity index (χ0) is 61.0. The minimum Gasteiger partial charge on any atom is -0.447 e. The molecule has 0 heterocycles. The molecule has 8 aliphatic rings. The molecule has 0 bridgehead atoms. The van der Waals surface area contributed by atoms with Crippen LogP contribution in [0.25, 0.3) is 0 Å². The fraction of sp³-hybridized carbons (Fsp3) is 0.746. The van der Waals surface area contributed by atoms with Crippen LogP contribution in [0.4, 0.5) is 23.2 Å². The second kappa shape index (κ2) is 25.9. The Morgan fingerprint density at radius 1 is 0.554 bits per heavy atom. The molecule has 6 fully saturated rings. The second-order valence-electron chi connectivity index (χ2n) is 24.5. The van der Waals surface area contributed by atoms with E-state index >= 15 is 8.78 Å². The maximum Gasteiger partial charge on any atom is 0.407 e. The third-order valence-corrected chi connectivity index (χ3v) is 20.4. The number of aliphatic hydroxyl groups excluding tert-OH is 4. The molecule has 8 rings (SSSR count). The summed E-state index contributed by atoms with van der Waals surface area (Å²) in [5.74, 6) is -5.04. The number of carbonyl (C=O) groups excluding carboxylic acids is 7. The highest BCUT2D eigenvalue weighted by Crippen LogP contribution is 2.72. The van der Waals surface area contributed by atoms with Crippen molar-refractivity contribution in [2.75, 3.05) is 92.3 Å². The van der Waals surface area contributed by atoms with Gasteiger partial charge in [0.05, 0.1) is 65.1 Å². The van der Waals surface area contributed by atoms with Gasteiger partial charge in [0.15, 0.2) is 36.1 Å². The third-order valence-electron chi connectivity index (χ3n) is 20.4. The van der Waals surface area contributed by atoms with E-state index in [0.717, 1.165) is 0 Å². The Kier molecular flexibility index (Phi) is 20.4. The Hall–Kier alpha value is -5.05. The van der Waals surface area contributed by atoms with E-state index in [9.17, 15) is 54.0 Å². The van der Waals surface area contributed by atoms with Gasteiger partial charge in [0.2, 0.25) is 11.6 Å². The largest absolute Gasteiger partial charge is 0.447 e. The first-order valence-electron chi connectivity index (χ1n) is 28.9. The van der Waals surface area contributed by atoms with Gasteiger partial charge < -0.3 is 75.0 Å². The maximum absolute atomic E-state index is 17.3. The molecule has 0 aliphatic heterocycles. The average molecular weight is 1180 g/mol. The lowest BCUT2D eigenvalue weighted by Crippen LogP contribution is -2.69. The Morgan fingerprint density at radius 3 is 1.29 bits per heavy atom. The molecule has 3 amide bonds. The van der Waals surface area contributed by atoms with Crippen LogP contribution >= 0.6 is 0 Å². The van der Waals surface area contributed by atoms with Gasteiger partial charge in [-0.1, -0.05) is 51.0 Å². The van der Waals surface area contributed by atoms with Gasteiger partial charge in [-0.15, -0.1) is 0 Å². The van der Waals surface area contributed by atoms with Crippen LogP contribution in [0.15, 0.2) is 47.6 Å². The topological polar surface area (TPSA) is 332 Å². The van der Waals surface area contributed by atoms with Crippen molar-refractivity contribution in [3.63, 3.8) is 0 Å². The summed E-state index contributed by atoms with van der Waals surface area (Å²) in [7, 11) is 0. The summed E-state index contributed by atoms with van der Waals surface area (Å²) < 4.78 is 64.9. The predicted octanol–water partition coefficient (Wildman–Crippen LogP) is 3.02. The van der Waals surface area contributed by atoms with Crippen LogP contribution in [0, 0.1) is 57.2 Å². The molecule has 0 radical (unpaired) electrons. The number of hydrogen-bond donors (Lipinski definition) is 9. The SMILES string of the molecule is C[C@@H]1CC2C3CCC4=CC(=O)C=CC4(C)[C@@]3(F)C(O)CC2(C)[C@@]1(O)C(=O)COC(=O)NCCOCCO.C[C@@H]1CC2C3CCC4=CC(=O)C=CC4(C)[C@@]3(F)C(O)CC2(C)[C@@]1(O)C(=O)COC(=O)NCCOCCOC(=O)NCCOCCO. The van der Waals surface area contributed by atoms with Crippen molar-refractivity contribution in [1.82, 2.24) is 16.0 Å². The first-order chi connectivity index (χ1) is 39.1. The number of alkyl carbamates (subject to hydrolysis) is 3. The smallest absolute Gasteiger partial charge is 0.407 e. The van der Waals surface area contributed by atoms with Crippen LogP contribution < -0.4 is 16.0 Å². The number of hydrogen-bond acceptors (Lipinski definition) is 19. The van der Waals surface area contributed by atoms with Gasteiger partial charge in [0, 0.05) is 53.1 Å². The lowest BCUT2D eigenvalue weighted by atomic mass is 9.44. The number of allylic oxidation sites excluding steroid dienone is 8. The van der Waals surface area contributed by atoms with Gasteiger partial charge in [-0.3, -0.25) is 19.2 Å². The number of carbonyl (C=O) groups is 7. The highest BCUT2D eigenvalue weighted by atomic mass is 19.1. The first kappa shape index (κ1) is 65.5. The number of alkyl halides is 2. The van der Waals surface area contributed by atoms with Crippen molar-refractivity contribution in [1.29, 1.82) is 0 Å². The van der Waals surface area contributed by atoms with Crippen LogP contribution in [-0.4, -0.2) is 199 Å². The van der Waals surface area contributed by atoms with Crippen molar-refractivity contribution in [3.05, 3.63) is 47.6 Å². The lowest BCUT2D eigenvalue weighted by Gasteiger charge is -2.62. The van der Waals surface area contributed by atoms with E-state index in [1.165, 1.54) is 24.3 Å². The highest BCUT2D eigenvalue weighted by molar-refractivity contribution is 6.02. The summed E-state index contributed by atoms with van der Waals surface area (Å²) in [4.78, 5) is 86.8. The molecule has 8 aliphatic carbocycles. The molecule has 0 aromatic rings. The summed E-state index contributed by atoms with van der Waals surface area (Å²) in [6.07, 6.45) is 5.55. The minimum absolute atomic E-state index is 0.0225. The van der Waals surface area contributed by atoms with Gasteiger partial charge in [-0.2, -0.15) is 0 Å². The van der Waals surface area contributed by atoms with Gasteiger partial charge >= 0.3 is 18.3 Å². The summed E-state index contributed by atoms with van der Waals surface area (Å²) in [5.41, 5.74) is -11.3. The van der Waals surface area contributed by atoms with Crippen LogP contribution in [-0.2, 0) is 47.6 Å². The van der Waals surface area contributed by atoms with E-state index in [2.05, 4.69) is 16.0 Å². The van der Waals surface area contributed by atoms with Gasteiger partial charge in [0.1, 0.15) is 17.8 Å². The van der Waals surface area contributed by atoms with Crippen molar-refractivity contribution < 1.29 is 101 Å². The molecule has 22 nitrogen and oxygen atoms in total. The number of rotatable bonds is 22. The molecule has 0 spiro atoms. The van der Waals surface area contributed by atoms with Crippen molar-refractivity contribution in [3.8, 4) is 0 Å². The molecule has 9 N–H and O–H groups in total. The van der Waals surface area contributed by atoms with Crippen LogP contribution in [0.3, 0.4) is 0 Å². The molecule has 83 heavy (non-hydrogen) atoms. The zero-order valence-corrected chi connectivity index (χ0v) is 48.4. The fourth-order valence-electron chi connectivity index (χ4n) is 16.2. The van der Waals surface area contributed by atoms with Gasteiger partial charge in [-0.05, 0) is 113 Å². The Morgan fingerprint density at radius 2 is 0.916 bits per heavy atom. The van der Waals surface area contributed by atoms with E-state index in [0.29, 0.717) is 49.7 Å². The predicted molar refractivity (Wildman–Crippen MR) is 290 cm³/mol. The first-order valence-corrected chi connectivity index (χ1v) is 28.9. The average Bonchev–Trinajstić information content (AvgIpc) is 1.88. The summed E-state index contributed by atoms with van der Waals surface area (Å²) >= 11 is 0. The van der Waals surface area contributed by atoms with Crippen molar-refractivity contribution in [2.24, 2.45) is 57.2 Å². The number of Topliss-reactive ketones (excluding diaryl/α,β-unsaturated/α-hetero) is 2. The molecule has 0 saturated heterocycles. The highest BCUT2D eigenvalue weighted by Gasteiger charge is 2.77. The second-order valence-corrected chi connectivity index (χ2v) is 24.5. The van der Waals surface area contributed by atoms with E-state index < -0.39 is 135 Å². The van der Waals surface area contributed by atoms with Crippen LogP contribution in [0.2, 0.25) is 0 Å². The van der Waals surface area contributed by atoms with Crippen molar-refractivity contribution in [2.45, 2.75) is 128 Å². The number of ether oxygens (including phenoxy) is 6. The van der Waals surface area contributed by atoms with E-state index in [1.807, 2.05) is 0 Å². The number of ketones is 4. The third kappa shape index (κ3) is 11.6. The Bertz CT molecular complexity index is 2580. The molecule has 464 valence electrons. The van der Waals surface area contributed by atoms with Gasteiger partial charge in [0.25, 0.3) is 0 Å². The van der Waals surface area contributed by atoms with E-state index in [4.69, 9.17) is 38.6 Å². The quantitative estimate of drug-likeness (QED) is 0.0556. The number of halogens is 2. The summed E-state index contributed by atoms with van der Waals surface area (Å²) in [6.45, 7) is 9.96. The van der Waals surface area contributed by atoms with Crippen LogP contribution in [0.5, 0.6) is 0 Å². The number of amides is 3. The number of aliphatic hydroxyl groups is 6. The molecule has 0 aromatic carbocycles. The fourth-order valence-corrected chi connectivity index (χ4v) is 16.2. The summed E-state index contributed by atoms with van der Waals surface area (Å²) in [6, 6.07) is 0. The monoisotopic (exact) mass is 1180 g/mol. The maximum atomic E-state index is 17.3. The number of fused-ring (bicyclic) bond motifs is 10. The van der Waals surface area contributed by atoms with E-state index in [1.54, 1.807) is 53.7 Å². The Balaban J connectivity index is 0.000000244. The molecular formula is C59H85F2N3O19. The molecule has 16 atom stereocenters. The molecule has 0 aromatic heterocycles. The van der Waals surface area contributed by atoms with Crippen molar-refractivity contribution >= 4 is 41.4 Å². The minimum atomic E-state index is -2.08. The summed E-state index contributed by atoms with van der Waals surface area (Å²) in [5, 5.41) is 71.3. The molecule has 6 saturated carbocycles. The molecule has 24 heteroatoms. The Labute approximate surface area is 482 Å².